The van der Waals surface area contributed by atoms with Crippen molar-refractivity contribution in [2.75, 3.05) is 13.1 Å². The highest BCUT2D eigenvalue weighted by Gasteiger charge is 2.22. The molecule has 4 rings (SSSR count). The molecule has 0 aliphatic heterocycles. The molecular formula is C32H34Cl2N2. The van der Waals surface area contributed by atoms with Crippen LogP contribution in [-0.2, 0) is 13.1 Å². The van der Waals surface area contributed by atoms with Crippen LogP contribution in [0.3, 0.4) is 0 Å². The van der Waals surface area contributed by atoms with Crippen LogP contribution in [0.25, 0.3) is 0 Å². The minimum atomic E-state index is 0.247. The first-order chi connectivity index (χ1) is 17.5. The predicted molar refractivity (Wildman–Crippen MR) is 153 cm³/mol. The zero-order valence-corrected chi connectivity index (χ0v) is 22.5. The summed E-state index contributed by atoms with van der Waals surface area (Å²) in [5.41, 5.74) is 4.91. The lowest BCUT2D eigenvalue weighted by Gasteiger charge is -2.35. The van der Waals surface area contributed by atoms with Gasteiger partial charge in [0.15, 0.2) is 0 Å². The van der Waals surface area contributed by atoms with Gasteiger partial charge < -0.3 is 0 Å². The van der Waals surface area contributed by atoms with Crippen LogP contribution >= 0.6 is 23.2 Å². The third-order valence-electron chi connectivity index (χ3n) is 7.00. The summed E-state index contributed by atoms with van der Waals surface area (Å²) in [4.78, 5) is 5.04. The maximum Gasteiger partial charge on any atom is 0.0451 e. The van der Waals surface area contributed by atoms with Crippen molar-refractivity contribution in [3.05, 3.63) is 141 Å². The normalized spacial score (nSPS) is 13.2. The van der Waals surface area contributed by atoms with E-state index in [0.717, 1.165) is 47.4 Å². The molecule has 0 radical (unpaired) electrons. The summed E-state index contributed by atoms with van der Waals surface area (Å²) >= 11 is 13.2. The van der Waals surface area contributed by atoms with Crippen molar-refractivity contribution in [3.63, 3.8) is 0 Å². The summed E-state index contributed by atoms with van der Waals surface area (Å²) in [6.45, 7) is 7.92. The summed E-state index contributed by atoms with van der Waals surface area (Å²) in [5.74, 6) is 0. The van der Waals surface area contributed by atoms with E-state index in [2.05, 4.69) is 109 Å². The molecule has 0 aromatic heterocycles. The van der Waals surface area contributed by atoms with Crippen molar-refractivity contribution in [2.45, 2.75) is 39.0 Å². The molecule has 0 saturated carbocycles. The predicted octanol–water partition coefficient (Wildman–Crippen LogP) is 8.82. The molecule has 4 aromatic rings. The van der Waals surface area contributed by atoms with Gasteiger partial charge in [-0.2, -0.15) is 0 Å². The Morgan fingerprint density at radius 3 is 1.19 bits per heavy atom. The lowest BCUT2D eigenvalue weighted by molar-refractivity contribution is 0.134. The molecule has 36 heavy (non-hydrogen) atoms. The van der Waals surface area contributed by atoms with Crippen LogP contribution in [0.15, 0.2) is 109 Å². The SMILES string of the molecule is C[C@@H](c1ccccc1)N(CCN(Cc1ccccc1Cl)[C@@H](C)c1ccccc1)Cc1ccccc1Cl. The fraction of sp³-hybridized carbons (Fsp3) is 0.250. The Morgan fingerprint density at radius 2 is 0.833 bits per heavy atom. The highest BCUT2D eigenvalue weighted by Crippen LogP contribution is 2.28. The largest absolute Gasteiger partial charge is 0.291 e. The van der Waals surface area contributed by atoms with Crippen LogP contribution in [-0.4, -0.2) is 22.9 Å². The van der Waals surface area contributed by atoms with Gasteiger partial charge in [0.1, 0.15) is 0 Å². The van der Waals surface area contributed by atoms with Crippen LogP contribution in [0.2, 0.25) is 10.0 Å². The first-order valence-electron chi connectivity index (χ1n) is 12.6. The Kier molecular flexibility index (Phi) is 9.60. The van der Waals surface area contributed by atoms with Crippen LogP contribution < -0.4 is 0 Å². The molecule has 0 saturated heterocycles. The van der Waals surface area contributed by atoms with E-state index < -0.39 is 0 Å². The number of hydrogen-bond donors (Lipinski definition) is 0. The van der Waals surface area contributed by atoms with E-state index in [9.17, 15) is 0 Å². The summed E-state index contributed by atoms with van der Waals surface area (Å²) in [5, 5.41) is 1.63. The average Bonchev–Trinajstić information content (AvgIpc) is 2.92. The average molecular weight is 518 g/mol. The third kappa shape index (κ3) is 6.99. The summed E-state index contributed by atoms with van der Waals surface area (Å²) < 4.78 is 0. The van der Waals surface area contributed by atoms with Crippen molar-refractivity contribution in [1.29, 1.82) is 0 Å². The van der Waals surface area contributed by atoms with E-state index >= 15 is 0 Å². The van der Waals surface area contributed by atoms with Gasteiger partial charge in [-0.25, -0.2) is 0 Å². The van der Waals surface area contributed by atoms with Crippen molar-refractivity contribution >= 4 is 23.2 Å². The Morgan fingerprint density at radius 1 is 0.500 bits per heavy atom. The fourth-order valence-corrected chi connectivity index (χ4v) is 5.04. The number of rotatable bonds is 11. The highest BCUT2D eigenvalue weighted by molar-refractivity contribution is 6.31. The maximum absolute atomic E-state index is 6.59. The maximum atomic E-state index is 6.59. The van der Waals surface area contributed by atoms with Gasteiger partial charge in [0.05, 0.1) is 0 Å². The van der Waals surface area contributed by atoms with Gasteiger partial charge in [-0.1, -0.05) is 120 Å². The highest BCUT2D eigenvalue weighted by atomic mass is 35.5. The Hall–Kier alpha value is -2.62. The lowest BCUT2D eigenvalue weighted by Crippen LogP contribution is -2.37. The van der Waals surface area contributed by atoms with E-state index in [1.165, 1.54) is 11.1 Å². The smallest absolute Gasteiger partial charge is 0.0451 e. The van der Waals surface area contributed by atoms with Crippen molar-refractivity contribution < 1.29 is 0 Å². The molecule has 186 valence electrons. The van der Waals surface area contributed by atoms with Gasteiger partial charge in [0, 0.05) is 48.3 Å². The molecule has 0 bridgehead atoms. The number of benzene rings is 4. The van der Waals surface area contributed by atoms with Gasteiger partial charge in [-0.05, 0) is 48.2 Å². The topological polar surface area (TPSA) is 6.48 Å². The quantitative estimate of drug-likeness (QED) is 0.196. The van der Waals surface area contributed by atoms with Crippen LogP contribution in [0.4, 0.5) is 0 Å². The van der Waals surface area contributed by atoms with E-state index in [-0.39, 0.29) is 12.1 Å². The second kappa shape index (κ2) is 13.1. The van der Waals surface area contributed by atoms with E-state index in [1.807, 2.05) is 24.3 Å². The van der Waals surface area contributed by atoms with E-state index in [4.69, 9.17) is 23.2 Å². The van der Waals surface area contributed by atoms with Gasteiger partial charge in [0.2, 0.25) is 0 Å². The van der Waals surface area contributed by atoms with E-state index in [1.54, 1.807) is 0 Å². The molecule has 0 aliphatic carbocycles. The molecule has 0 fully saturated rings. The molecule has 0 spiro atoms. The molecule has 0 amide bonds. The van der Waals surface area contributed by atoms with Gasteiger partial charge in [-0.3, -0.25) is 9.80 Å². The molecule has 2 atom stereocenters. The standard InChI is InChI=1S/C32H34Cl2N2/c1-25(27-13-5-3-6-14-27)35(23-29-17-9-11-19-31(29)33)21-22-36(24-30-18-10-12-20-32(30)34)26(2)28-15-7-4-8-16-28/h3-20,25-26H,21-24H2,1-2H3/t25-,26-/m0/s1. The number of hydrogen-bond acceptors (Lipinski definition) is 2. The van der Waals surface area contributed by atoms with Crippen molar-refractivity contribution in [2.24, 2.45) is 0 Å². The zero-order valence-electron chi connectivity index (χ0n) is 21.0. The molecule has 0 heterocycles. The monoisotopic (exact) mass is 516 g/mol. The van der Waals surface area contributed by atoms with Crippen LogP contribution in [0.1, 0.15) is 48.2 Å². The van der Waals surface area contributed by atoms with Crippen molar-refractivity contribution in [3.8, 4) is 0 Å². The second-order valence-corrected chi connectivity index (χ2v) is 10.1. The number of halogens is 2. The second-order valence-electron chi connectivity index (χ2n) is 9.30. The Bertz CT molecular complexity index is 1120. The van der Waals surface area contributed by atoms with Crippen LogP contribution in [0.5, 0.6) is 0 Å². The van der Waals surface area contributed by atoms with E-state index in [0.29, 0.717) is 0 Å². The molecule has 0 N–H and O–H groups in total. The molecular weight excluding hydrogens is 483 g/mol. The summed E-state index contributed by atoms with van der Waals surface area (Å²) in [6, 6.07) is 38.2. The molecule has 4 heteroatoms. The third-order valence-corrected chi connectivity index (χ3v) is 7.73. The molecule has 4 aromatic carbocycles. The van der Waals surface area contributed by atoms with Crippen LogP contribution in [0, 0.1) is 0 Å². The van der Waals surface area contributed by atoms with Crippen molar-refractivity contribution in [1.82, 2.24) is 9.80 Å². The molecule has 0 aliphatic rings. The number of nitrogens with zero attached hydrogens (tertiary/aromatic N) is 2. The fourth-order valence-electron chi connectivity index (χ4n) is 4.65. The van der Waals surface area contributed by atoms with Gasteiger partial charge in [-0.15, -0.1) is 0 Å². The Labute approximate surface area is 226 Å². The summed E-state index contributed by atoms with van der Waals surface area (Å²) in [6.07, 6.45) is 0. The minimum absolute atomic E-state index is 0.247. The first kappa shape index (κ1) is 26.4. The first-order valence-corrected chi connectivity index (χ1v) is 13.3. The Balaban J connectivity index is 1.59. The lowest BCUT2D eigenvalue weighted by atomic mass is 10.0. The zero-order chi connectivity index (χ0) is 25.3. The summed E-state index contributed by atoms with van der Waals surface area (Å²) in [7, 11) is 0. The molecule has 2 nitrogen and oxygen atoms in total. The van der Waals surface area contributed by atoms with Gasteiger partial charge in [0.25, 0.3) is 0 Å². The van der Waals surface area contributed by atoms with Gasteiger partial charge >= 0.3 is 0 Å². The molecule has 0 unspecified atom stereocenters. The minimum Gasteiger partial charge on any atom is -0.291 e.